The van der Waals surface area contributed by atoms with Gasteiger partial charge in [-0.2, -0.15) is 0 Å². The number of methoxy groups -OCH3 is 1. The molecule has 0 radical (unpaired) electrons. The molecule has 0 saturated carbocycles. The minimum absolute atomic E-state index is 0.0252. The molecule has 1 aromatic heterocycles. The number of hydrogen-bond donors (Lipinski definition) is 1. The number of pyridine rings is 1. The molecule has 0 bridgehead atoms. The summed E-state index contributed by atoms with van der Waals surface area (Å²) in [6, 6.07) is 12.2. The van der Waals surface area contributed by atoms with Gasteiger partial charge in [-0.1, -0.05) is 12.1 Å². The SMILES string of the molecule is COc1cccc(Cc2cc(C)nc([C@H]3CN(C(=O)CN4CCNC(=O)C4)CCO3)c2)c1. The van der Waals surface area contributed by atoms with Crippen molar-refractivity contribution in [2.75, 3.05) is 53.0 Å². The molecule has 2 aromatic rings. The smallest absolute Gasteiger partial charge is 0.236 e. The molecular weight excluding hydrogens is 408 g/mol. The summed E-state index contributed by atoms with van der Waals surface area (Å²) in [6.45, 7) is 5.27. The maximum Gasteiger partial charge on any atom is 0.236 e. The van der Waals surface area contributed by atoms with Crippen molar-refractivity contribution in [3.8, 4) is 5.75 Å². The molecule has 170 valence electrons. The predicted octanol–water partition coefficient (Wildman–Crippen LogP) is 1.32. The van der Waals surface area contributed by atoms with E-state index in [9.17, 15) is 9.59 Å². The fraction of sp³-hybridized carbons (Fsp3) is 0.458. The second-order valence-electron chi connectivity index (χ2n) is 8.33. The highest BCUT2D eigenvalue weighted by Gasteiger charge is 2.28. The Morgan fingerprint density at radius 1 is 1.25 bits per heavy atom. The van der Waals surface area contributed by atoms with E-state index in [4.69, 9.17) is 14.5 Å². The minimum Gasteiger partial charge on any atom is -0.497 e. The Morgan fingerprint density at radius 2 is 2.12 bits per heavy atom. The van der Waals surface area contributed by atoms with Crippen LogP contribution in [0.25, 0.3) is 0 Å². The zero-order valence-electron chi connectivity index (χ0n) is 18.7. The molecule has 2 aliphatic heterocycles. The summed E-state index contributed by atoms with van der Waals surface area (Å²) < 4.78 is 11.3. The van der Waals surface area contributed by atoms with E-state index in [0.717, 1.165) is 34.7 Å². The first-order valence-corrected chi connectivity index (χ1v) is 11.0. The molecular formula is C24H30N4O4. The van der Waals surface area contributed by atoms with Gasteiger partial charge in [-0.25, -0.2) is 0 Å². The van der Waals surface area contributed by atoms with E-state index in [0.29, 0.717) is 32.8 Å². The number of benzene rings is 1. The molecule has 2 fully saturated rings. The molecule has 8 heteroatoms. The maximum atomic E-state index is 12.9. The van der Waals surface area contributed by atoms with Crippen LogP contribution in [0.4, 0.5) is 0 Å². The standard InChI is InChI=1S/C24H30N4O4/c1-17-10-19(11-18-4-3-5-20(12-18)31-2)13-21(26-17)22-14-28(8-9-32-22)24(30)16-27-7-6-25-23(29)15-27/h3-5,10,12-13,22H,6-9,11,14-16H2,1-2H3,(H,25,29)/t22-/m1/s1. The molecule has 0 spiro atoms. The number of morpholine rings is 1. The second kappa shape index (κ2) is 10.1. The lowest BCUT2D eigenvalue weighted by Crippen LogP contribution is -2.52. The van der Waals surface area contributed by atoms with E-state index >= 15 is 0 Å². The van der Waals surface area contributed by atoms with Crippen LogP contribution >= 0.6 is 0 Å². The van der Waals surface area contributed by atoms with Crippen LogP contribution in [0, 0.1) is 6.92 Å². The van der Waals surface area contributed by atoms with E-state index in [1.165, 1.54) is 0 Å². The summed E-state index contributed by atoms with van der Waals surface area (Å²) in [5.41, 5.74) is 4.07. The van der Waals surface area contributed by atoms with Crippen LogP contribution in [0.1, 0.15) is 28.6 Å². The van der Waals surface area contributed by atoms with Gasteiger partial charge >= 0.3 is 0 Å². The van der Waals surface area contributed by atoms with Gasteiger partial charge in [-0.3, -0.25) is 19.5 Å². The van der Waals surface area contributed by atoms with Crippen LogP contribution in [0.3, 0.4) is 0 Å². The number of aromatic nitrogens is 1. The Labute approximate surface area is 188 Å². The molecule has 1 N–H and O–H groups in total. The lowest BCUT2D eigenvalue weighted by Gasteiger charge is -2.35. The lowest BCUT2D eigenvalue weighted by molar-refractivity contribution is -0.141. The molecule has 1 aromatic carbocycles. The Morgan fingerprint density at radius 3 is 2.94 bits per heavy atom. The third-order valence-corrected chi connectivity index (χ3v) is 5.80. The Balaban J connectivity index is 1.43. The van der Waals surface area contributed by atoms with Gasteiger partial charge in [0.15, 0.2) is 0 Å². The average molecular weight is 439 g/mol. The largest absolute Gasteiger partial charge is 0.497 e. The Bertz CT molecular complexity index is 980. The van der Waals surface area contributed by atoms with Crippen LogP contribution in [0.15, 0.2) is 36.4 Å². The van der Waals surface area contributed by atoms with Gasteiger partial charge in [-0.15, -0.1) is 0 Å². The number of carbonyl (C=O) groups excluding carboxylic acids is 2. The summed E-state index contributed by atoms with van der Waals surface area (Å²) in [6.07, 6.45) is 0.501. The fourth-order valence-corrected chi connectivity index (χ4v) is 4.23. The number of ether oxygens (including phenoxy) is 2. The summed E-state index contributed by atoms with van der Waals surface area (Å²) in [5, 5.41) is 2.79. The van der Waals surface area contributed by atoms with Crippen LogP contribution in [0.5, 0.6) is 5.75 Å². The van der Waals surface area contributed by atoms with E-state index in [1.807, 2.05) is 34.9 Å². The molecule has 4 rings (SSSR count). The number of amides is 2. The van der Waals surface area contributed by atoms with Crippen molar-refractivity contribution in [1.29, 1.82) is 0 Å². The first kappa shape index (κ1) is 22.2. The van der Waals surface area contributed by atoms with Crippen LogP contribution in [-0.4, -0.2) is 79.6 Å². The first-order valence-electron chi connectivity index (χ1n) is 11.0. The highest BCUT2D eigenvalue weighted by molar-refractivity contribution is 5.82. The van der Waals surface area contributed by atoms with Crippen LogP contribution < -0.4 is 10.1 Å². The van der Waals surface area contributed by atoms with E-state index in [2.05, 4.69) is 23.5 Å². The predicted molar refractivity (Wildman–Crippen MR) is 119 cm³/mol. The van der Waals surface area contributed by atoms with Gasteiger partial charge in [0, 0.05) is 25.3 Å². The quantitative estimate of drug-likeness (QED) is 0.733. The van der Waals surface area contributed by atoms with Gasteiger partial charge in [-0.05, 0) is 48.7 Å². The first-order chi connectivity index (χ1) is 15.5. The van der Waals surface area contributed by atoms with E-state index in [1.54, 1.807) is 7.11 Å². The fourth-order valence-electron chi connectivity index (χ4n) is 4.23. The van der Waals surface area contributed by atoms with Crippen molar-refractivity contribution in [3.63, 3.8) is 0 Å². The van der Waals surface area contributed by atoms with Crippen molar-refractivity contribution in [1.82, 2.24) is 20.1 Å². The van der Waals surface area contributed by atoms with Gasteiger partial charge in [0.1, 0.15) is 11.9 Å². The number of piperazine rings is 1. The van der Waals surface area contributed by atoms with Gasteiger partial charge in [0.2, 0.25) is 11.8 Å². The van der Waals surface area contributed by atoms with Crippen LogP contribution in [-0.2, 0) is 20.7 Å². The highest BCUT2D eigenvalue weighted by atomic mass is 16.5. The van der Waals surface area contributed by atoms with Gasteiger partial charge in [0.05, 0.1) is 39.0 Å². The van der Waals surface area contributed by atoms with E-state index < -0.39 is 0 Å². The molecule has 8 nitrogen and oxygen atoms in total. The Kier molecular flexibility index (Phi) is 7.02. The zero-order valence-corrected chi connectivity index (χ0v) is 18.7. The number of carbonyl (C=O) groups is 2. The van der Waals surface area contributed by atoms with Crippen molar-refractivity contribution in [3.05, 3.63) is 58.9 Å². The molecule has 2 aliphatic rings. The van der Waals surface area contributed by atoms with Crippen molar-refractivity contribution < 1.29 is 19.1 Å². The summed E-state index contributed by atoms with van der Waals surface area (Å²) in [4.78, 5) is 32.9. The summed E-state index contributed by atoms with van der Waals surface area (Å²) in [7, 11) is 1.67. The lowest BCUT2D eigenvalue weighted by atomic mass is 10.0. The average Bonchev–Trinajstić information content (AvgIpc) is 2.79. The second-order valence-corrected chi connectivity index (χ2v) is 8.33. The van der Waals surface area contributed by atoms with Crippen molar-refractivity contribution in [2.24, 2.45) is 0 Å². The van der Waals surface area contributed by atoms with E-state index in [-0.39, 0.29) is 31.0 Å². The topological polar surface area (TPSA) is 84.0 Å². The van der Waals surface area contributed by atoms with Crippen LogP contribution in [0.2, 0.25) is 0 Å². The maximum absolute atomic E-state index is 12.9. The number of hydrogen-bond acceptors (Lipinski definition) is 6. The third kappa shape index (κ3) is 5.63. The number of nitrogens with zero attached hydrogens (tertiary/aromatic N) is 3. The summed E-state index contributed by atoms with van der Waals surface area (Å²) >= 11 is 0. The number of nitrogens with one attached hydrogen (secondary N) is 1. The molecule has 32 heavy (non-hydrogen) atoms. The van der Waals surface area contributed by atoms with Crippen molar-refractivity contribution >= 4 is 11.8 Å². The monoisotopic (exact) mass is 438 g/mol. The minimum atomic E-state index is -0.263. The molecule has 0 aliphatic carbocycles. The summed E-state index contributed by atoms with van der Waals surface area (Å²) in [5.74, 6) is 0.832. The third-order valence-electron chi connectivity index (χ3n) is 5.80. The number of rotatable bonds is 6. The van der Waals surface area contributed by atoms with Crippen molar-refractivity contribution in [2.45, 2.75) is 19.4 Å². The zero-order chi connectivity index (χ0) is 22.5. The number of aryl methyl sites for hydroxylation is 1. The molecule has 0 unspecified atom stereocenters. The highest BCUT2D eigenvalue weighted by Crippen LogP contribution is 2.24. The molecule has 1 atom stereocenters. The molecule has 3 heterocycles. The Hall–Kier alpha value is -2.97. The molecule has 2 amide bonds. The molecule has 2 saturated heterocycles. The normalized spacial score (nSPS) is 19.5. The van der Waals surface area contributed by atoms with Gasteiger partial charge < -0.3 is 19.7 Å². The van der Waals surface area contributed by atoms with Gasteiger partial charge in [0.25, 0.3) is 0 Å².